The molecule has 5 heterocycles. The van der Waals surface area contributed by atoms with E-state index in [1.165, 1.54) is 12.1 Å². The number of nitrogens with one attached hydrogen (secondary N) is 1. The number of carbonyl (C=O) groups excluding carboxylic acids is 1. The van der Waals surface area contributed by atoms with Gasteiger partial charge in [-0.25, -0.2) is 18.7 Å². The Morgan fingerprint density at radius 2 is 1.48 bits per heavy atom. The first kappa shape index (κ1) is 30.9. The zero-order valence-electron chi connectivity index (χ0n) is 26.2. The number of amides is 1. The molecule has 44 heavy (non-hydrogen) atoms. The molecular formula is C32H47F2N9O. The van der Waals surface area contributed by atoms with Gasteiger partial charge in [0.05, 0.1) is 17.8 Å². The Morgan fingerprint density at radius 3 is 2.14 bits per heavy atom. The minimum absolute atomic E-state index is 0.0101. The van der Waals surface area contributed by atoms with Crippen LogP contribution in [0.4, 0.5) is 26.1 Å². The van der Waals surface area contributed by atoms with Crippen molar-refractivity contribution >= 4 is 23.2 Å². The Labute approximate surface area is 259 Å². The summed E-state index contributed by atoms with van der Waals surface area (Å²) in [6, 6.07) is 4.67. The number of piperazine rings is 2. The first-order valence-corrected chi connectivity index (χ1v) is 16.1. The summed E-state index contributed by atoms with van der Waals surface area (Å²) in [4.78, 5) is 32.8. The van der Waals surface area contributed by atoms with Crippen molar-refractivity contribution in [2.75, 3.05) is 93.2 Å². The van der Waals surface area contributed by atoms with E-state index in [1.54, 1.807) is 11.2 Å². The Hall–Kier alpha value is -3.09. The van der Waals surface area contributed by atoms with E-state index in [4.69, 9.17) is 5.73 Å². The zero-order chi connectivity index (χ0) is 30.9. The number of nitrogens with zero attached hydrogens (tertiary/aromatic N) is 7. The summed E-state index contributed by atoms with van der Waals surface area (Å²) in [5.74, 6) is 0.738. The molecule has 1 aromatic heterocycles. The largest absolute Gasteiger partial charge is 0.357 e. The predicted molar refractivity (Wildman–Crippen MR) is 169 cm³/mol. The minimum Gasteiger partial charge on any atom is -0.357 e. The van der Waals surface area contributed by atoms with Gasteiger partial charge in [-0.2, -0.15) is 0 Å². The molecule has 4 saturated heterocycles. The van der Waals surface area contributed by atoms with Gasteiger partial charge in [0.1, 0.15) is 29.6 Å². The average molecular weight is 612 g/mol. The van der Waals surface area contributed by atoms with E-state index in [-0.39, 0.29) is 18.1 Å². The first-order chi connectivity index (χ1) is 21.1. The van der Waals surface area contributed by atoms with Gasteiger partial charge in [-0.3, -0.25) is 14.6 Å². The van der Waals surface area contributed by atoms with Gasteiger partial charge in [0.15, 0.2) is 0 Å². The molecule has 0 aliphatic carbocycles. The summed E-state index contributed by atoms with van der Waals surface area (Å²) in [5, 5.41) is 3.20. The van der Waals surface area contributed by atoms with Crippen LogP contribution in [0.3, 0.4) is 0 Å². The third kappa shape index (κ3) is 6.92. The van der Waals surface area contributed by atoms with Crippen LogP contribution in [-0.2, 0) is 11.3 Å². The molecule has 4 aliphatic rings. The number of aromatic nitrogens is 2. The van der Waals surface area contributed by atoms with Crippen molar-refractivity contribution in [3.63, 3.8) is 0 Å². The van der Waals surface area contributed by atoms with Crippen molar-refractivity contribution in [1.29, 1.82) is 0 Å². The Balaban J connectivity index is 1.09. The van der Waals surface area contributed by atoms with Crippen molar-refractivity contribution in [2.24, 2.45) is 11.1 Å². The highest BCUT2D eigenvalue weighted by molar-refractivity contribution is 5.84. The van der Waals surface area contributed by atoms with Gasteiger partial charge in [-0.05, 0) is 50.3 Å². The predicted octanol–water partition coefficient (Wildman–Crippen LogP) is 2.43. The van der Waals surface area contributed by atoms with Crippen LogP contribution in [0.5, 0.6) is 0 Å². The smallest absolute Gasteiger partial charge is 0.240 e. The molecular weight excluding hydrogens is 564 g/mol. The Morgan fingerprint density at radius 1 is 0.818 bits per heavy atom. The number of likely N-dealkylation sites (tertiary alicyclic amines) is 1. The van der Waals surface area contributed by atoms with Crippen molar-refractivity contribution < 1.29 is 13.6 Å². The van der Waals surface area contributed by atoms with Gasteiger partial charge < -0.3 is 25.8 Å². The highest BCUT2D eigenvalue weighted by Crippen LogP contribution is 2.34. The number of anilines is 3. The second-order valence-corrected chi connectivity index (χ2v) is 13.9. The van der Waals surface area contributed by atoms with Gasteiger partial charge in [0, 0.05) is 83.1 Å². The van der Waals surface area contributed by atoms with Gasteiger partial charge in [-0.15, -0.1) is 0 Å². The quantitative estimate of drug-likeness (QED) is 0.490. The number of benzene rings is 1. The van der Waals surface area contributed by atoms with Crippen LogP contribution < -0.4 is 25.8 Å². The minimum atomic E-state index is -0.511. The summed E-state index contributed by atoms with van der Waals surface area (Å²) in [5.41, 5.74) is 6.04. The normalized spacial score (nSPS) is 22.8. The number of rotatable bonds is 7. The summed E-state index contributed by atoms with van der Waals surface area (Å²) in [7, 11) is 0. The SMILES string of the molecule is CC1(C)CCN(Cc2cc(F)c(N3CC(=O)NC4(CCN(c5cc(N6CCN(CCN)CC6)ncn5)CC4)C3)cc2F)CC1. The third-order valence-electron chi connectivity index (χ3n) is 10.1. The molecule has 0 radical (unpaired) electrons. The van der Waals surface area contributed by atoms with Crippen molar-refractivity contribution in [1.82, 2.24) is 25.1 Å². The molecule has 0 unspecified atom stereocenters. The molecule has 240 valence electrons. The molecule has 4 fully saturated rings. The summed E-state index contributed by atoms with van der Waals surface area (Å²) in [6.45, 7) is 13.8. The molecule has 0 atom stereocenters. The molecule has 1 spiro atoms. The van der Waals surface area contributed by atoms with E-state index < -0.39 is 17.2 Å². The third-order valence-corrected chi connectivity index (χ3v) is 10.1. The van der Waals surface area contributed by atoms with E-state index >= 15 is 8.78 Å². The maximum atomic E-state index is 15.5. The summed E-state index contributed by atoms with van der Waals surface area (Å²) < 4.78 is 30.8. The van der Waals surface area contributed by atoms with Gasteiger partial charge in [0.2, 0.25) is 5.91 Å². The van der Waals surface area contributed by atoms with Crippen molar-refractivity contribution in [3.05, 3.63) is 41.7 Å². The number of hydrogen-bond acceptors (Lipinski definition) is 9. The highest BCUT2D eigenvalue weighted by Gasteiger charge is 2.42. The first-order valence-electron chi connectivity index (χ1n) is 16.1. The van der Waals surface area contributed by atoms with E-state index in [0.717, 1.165) is 70.3 Å². The van der Waals surface area contributed by atoms with Crippen LogP contribution in [0.2, 0.25) is 0 Å². The summed E-state index contributed by atoms with van der Waals surface area (Å²) >= 11 is 0. The van der Waals surface area contributed by atoms with Crippen LogP contribution in [0.25, 0.3) is 0 Å². The monoisotopic (exact) mass is 611 g/mol. The molecule has 1 aromatic carbocycles. The highest BCUT2D eigenvalue weighted by atomic mass is 19.1. The standard InChI is InChI=1S/C32H47F2N9O/c1-31(2)3-8-40(9-4-31)20-24-17-26(34)27(18-25(24)33)43-21-30(44)38-32(22-43)5-10-41(11-6-32)28-19-29(37-23-36-28)42-15-13-39(12-7-35)14-16-42/h17-19,23H,3-16,20-22,35H2,1-2H3,(H,38,44). The van der Waals surface area contributed by atoms with E-state index in [1.807, 2.05) is 6.07 Å². The molecule has 6 rings (SSSR count). The second-order valence-electron chi connectivity index (χ2n) is 13.9. The van der Waals surface area contributed by atoms with Crippen LogP contribution in [0.15, 0.2) is 24.5 Å². The van der Waals surface area contributed by atoms with Crippen LogP contribution >= 0.6 is 0 Å². The van der Waals surface area contributed by atoms with Crippen LogP contribution in [-0.4, -0.2) is 110 Å². The lowest BCUT2D eigenvalue weighted by Gasteiger charge is -2.48. The molecule has 0 bridgehead atoms. The van der Waals surface area contributed by atoms with Crippen molar-refractivity contribution in [3.8, 4) is 0 Å². The Kier molecular flexibility index (Phi) is 8.94. The van der Waals surface area contributed by atoms with E-state index in [2.05, 4.69) is 48.7 Å². The molecule has 12 heteroatoms. The van der Waals surface area contributed by atoms with Gasteiger partial charge >= 0.3 is 0 Å². The van der Waals surface area contributed by atoms with E-state index in [9.17, 15) is 4.79 Å². The topological polar surface area (TPSA) is 97.1 Å². The fourth-order valence-corrected chi connectivity index (χ4v) is 7.15. The molecule has 1 amide bonds. The van der Waals surface area contributed by atoms with Gasteiger partial charge in [0.25, 0.3) is 0 Å². The Bertz CT molecular complexity index is 1310. The number of piperidine rings is 2. The number of carbonyl (C=O) groups is 1. The fraction of sp³-hybridized carbons (Fsp3) is 0.656. The van der Waals surface area contributed by atoms with Crippen molar-refractivity contribution in [2.45, 2.75) is 51.6 Å². The number of hydrogen-bond donors (Lipinski definition) is 2. The molecule has 2 aromatic rings. The molecule has 3 N–H and O–H groups in total. The van der Waals surface area contributed by atoms with E-state index in [0.29, 0.717) is 56.5 Å². The summed E-state index contributed by atoms with van der Waals surface area (Å²) in [6.07, 6.45) is 5.07. The number of nitrogens with two attached hydrogens (primary N) is 1. The van der Waals surface area contributed by atoms with Crippen LogP contribution in [0.1, 0.15) is 45.1 Å². The molecule has 4 aliphatic heterocycles. The molecule has 0 saturated carbocycles. The lowest BCUT2D eigenvalue weighted by atomic mass is 9.82. The second kappa shape index (κ2) is 12.7. The molecule has 10 nitrogen and oxygen atoms in total. The fourth-order valence-electron chi connectivity index (χ4n) is 7.15. The number of halogens is 2. The zero-order valence-corrected chi connectivity index (χ0v) is 26.2. The lowest BCUT2D eigenvalue weighted by Crippen LogP contribution is -2.66. The lowest BCUT2D eigenvalue weighted by molar-refractivity contribution is -0.123. The maximum Gasteiger partial charge on any atom is 0.240 e. The average Bonchev–Trinajstić information content (AvgIpc) is 3.00. The maximum absolute atomic E-state index is 15.5. The van der Waals surface area contributed by atoms with Gasteiger partial charge in [-0.1, -0.05) is 13.8 Å². The van der Waals surface area contributed by atoms with Crippen LogP contribution in [0, 0.1) is 17.0 Å².